The van der Waals surface area contributed by atoms with Gasteiger partial charge in [-0.25, -0.2) is 13.2 Å². The Morgan fingerprint density at radius 3 is 1.17 bits per heavy atom. The molecule has 0 spiro atoms. The van der Waals surface area contributed by atoms with Gasteiger partial charge in [-0.3, -0.25) is 0 Å². The van der Waals surface area contributed by atoms with Crippen LogP contribution in [0.1, 0.15) is 48.6 Å². The lowest BCUT2D eigenvalue weighted by molar-refractivity contribution is 0.306. The normalized spacial score (nSPS) is 10.7. The number of anilines is 3. The van der Waals surface area contributed by atoms with Crippen molar-refractivity contribution >= 4 is 28.7 Å². The van der Waals surface area contributed by atoms with E-state index < -0.39 is 17.5 Å². The first-order chi connectivity index (χ1) is 36.2. The number of aromatic hydroxyl groups is 3. The van der Waals surface area contributed by atoms with E-state index in [4.69, 9.17) is 25.8 Å². The van der Waals surface area contributed by atoms with Crippen LogP contribution in [0.15, 0.2) is 206 Å². The molecule has 0 aliphatic carbocycles. The van der Waals surface area contributed by atoms with Crippen molar-refractivity contribution < 1.29 is 42.7 Å². The zero-order chi connectivity index (χ0) is 53.2. The Bertz CT molecular complexity index is 3250. The minimum Gasteiger partial charge on any atom is -0.503 e. The van der Waals surface area contributed by atoms with E-state index in [1.807, 2.05) is 115 Å². The third kappa shape index (κ3) is 16.6. The number of rotatable bonds is 16. The Kier molecular flexibility index (Phi) is 18.9. The number of phenols is 3. The first-order valence-electron chi connectivity index (χ1n) is 24.0. The van der Waals surface area contributed by atoms with E-state index >= 15 is 0 Å². The van der Waals surface area contributed by atoms with Gasteiger partial charge < -0.3 is 45.5 Å². The molecule has 0 fully saturated rings. The lowest BCUT2D eigenvalue weighted by atomic mass is 9.87. The molecule has 0 aliphatic rings. The number of benzene rings is 9. The number of hydrogen-bond acceptors (Lipinski definition) is 9. The van der Waals surface area contributed by atoms with Crippen molar-refractivity contribution in [2.75, 3.05) is 16.0 Å². The number of nitrogens with one attached hydrogen (secondary N) is 3. The zero-order valence-electron chi connectivity index (χ0n) is 41.5. The van der Waals surface area contributed by atoms with Gasteiger partial charge in [0, 0.05) is 24.7 Å². The van der Waals surface area contributed by atoms with E-state index in [0.29, 0.717) is 59.8 Å². The Hall–Kier alpha value is -8.74. The van der Waals surface area contributed by atoms with Crippen molar-refractivity contribution in [3.63, 3.8) is 0 Å². The highest BCUT2D eigenvalue weighted by molar-refractivity contribution is 6.30. The van der Waals surface area contributed by atoms with Crippen molar-refractivity contribution in [1.82, 2.24) is 0 Å². The summed E-state index contributed by atoms with van der Waals surface area (Å²) in [4.78, 5) is 0. The van der Waals surface area contributed by atoms with Crippen LogP contribution >= 0.6 is 11.6 Å². The van der Waals surface area contributed by atoms with Gasteiger partial charge in [-0.15, -0.1) is 0 Å². The van der Waals surface area contributed by atoms with Gasteiger partial charge in [-0.05, 0) is 142 Å². The lowest BCUT2D eigenvalue weighted by Crippen LogP contribution is -2.10. The third-order valence-electron chi connectivity index (χ3n) is 11.4. The molecule has 9 aromatic rings. The average molecular weight is 1030 g/mol. The van der Waals surface area contributed by atoms with Gasteiger partial charge in [0.25, 0.3) is 0 Å². The zero-order valence-corrected chi connectivity index (χ0v) is 42.3. The number of halogens is 4. The standard InChI is InChI=1S/C23H24FNO2.C20H18FNO2.C19H15ClFNO2/c1-23(2,3)17-10-12-18(13-11-17)27-19-7-4-6-16(14-19)15-25-21-9-5-8-20(24)22(21)26;21-18-10-5-11-19(20(18)23)22-13-16-8-4-9-17(12-16)24-14-15-6-2-1-3-7-15;20-14-7-9-15(10-8-14)24-16-4-1-3-13(11-16)12-22-18-6-2-5-17(21)19(18)23/h4-14,25-26H,15H2,1-3H3;1-12,22-23H,13-14H2;1-11,22-23H,12H2. The molecule has 6 N–H and O–H groups in total. The maximum atomic E-state index is 13.4. The van der Waals surface area contributed by atoms with Gasteiger partial charge in [-0.1, -0.05) is 129 Å². The Balaban J connectivity index is 0.000000164. The van der Waals surface area contributed by atoms with Crippen molar-refractivity contribution in [2.24, 2.45) is 0 Å². The first-order valence-corrected chi connectivity index (χ1v) is 24.3. The fourth-order valence-electron chi connectivity index (χ4n) is 7.29. The highest BCUT2D eigenvalue weighted by atomic mass is 35.5. The van der Waals surface area contributed by atoms with Gasteiger partial charge in [0.2, 0.25) is 0 Å². The number of hydrogen-bond donors (Lipinski definition) is 6. The molecule has 9 nitrogen and oxygen atoms in total. The fourth-order valence-corrected chi connectivity index (χ4v) is 7.41. The second kappa shape index (κ2) is 26.3. The molecule has 0 saturated heterocycles. The monoisotopic (exact) mass is 1030 g/mol. The molecule has 0 radical (unpaired) electrons. The van der Waals surface area contributed by atoms with Gasteiger partial charge in [0.1, 0.15) is 35.4 Å². The van der Waals surface area contributed by atoms with Gasteiger partial charge in [0.05, 0.1) is 17.1 Å². The van der Waals surface area contributed by atoms with E-state index in [-0.39, 0.29) is 22.7 Å². The van der Waals surface area contributed by atoms with Gasteiger partial charge in [-0.2, -0.15) is 0 Å². The molecule has 0 saturated carbocycles. The molecule has 0 atom stereocenters. The highest BCUT2D eigenvalue weighted by Crippen LogP contribution is 2.32. The van der Waals surface area contributed by atoms with E-state index in [1.165, 1.54) is 29.8 Å². The largest absolute Gasteiger partial charge is 0.503 e. The van der Waals surface area contributed by atoms with Crippen LogP contribution in [0.5, 0.6) is 46.0 Å². The van der Waals surface area contributed by atoms with Crippen LogP contribution in [0.4, 0.5) is 30.2 Å². The number of phenolic OH excluding ortho intramolecular Hbond substituents is 3. The first kappa shape index (κ1) is 54.0. The summed E-state index contributed by atoms with van der Waals surface area (Å²) in [7, 11) is 0. The van der Waals surface area contributed by atoms with Crippen LogP contribution in [0.25, 0.3) is 0 Å². The topological polar surface area (TPSA) is 124 Å². The number of ether oxygens (including phenoxy) is 3. The van der Waals surface area contributed by atoms with Crippen LogP contribution in [0.2, 0.25) is 5.02 Å². The molecule has 0 bridgehead atoms. The summed E-state index contributed by atoms with van der Waals surface area (Å²) in [6.07, 6.45) is 0. The minimum atomic E-state index is -0.653. The SMILES string of the molecule is CC(C)(C)c1ccc(Oc2cccc(CNc3cccc(F)c3O)c2)cc1.Oc1c(F)cccc1NCc1cccc(OCc2ccccc2)c1.Oc1c(F)cccc1NCc1cccc(Oc2ccc(Cl)cc2)c1. The molecule has 0 unspecified atom stereocenters. The summed E-state index contributed by atoms with van der Waals surface area (Å²) in [5, 5.41) is 38.8. The molecule has 9 aromatic carbocycles. The predicted octanol–water partition coefficient (Wildman–Crippen LogP) is 16.5. The third-order valence-corrected chi connectivity index (χ3v) is 11.6. The van der Waals surface area contributed by atoms with Crippen LogP contribution in [0.3, 0.4) is 0 Å². The highest BCUT2D eigenvalue weighted by Gasteiger charge is 2.14. The summed E-state index contributed by atoms with van der Waals surface area (Å²) in [5.41, 5.74) is 6.40. The molecule has 384 valence electrons. The summed E-state index contributed by atoms with van der Waals surface area (Å²) >= 11 is 5.85. The van der Waals surface area contributed by atoms with Crippen LogP contribution < -0.4 is 30.2 Å². The summed E-state index contributed by atoms with van der Waals surface area (Å²) in [6, 6.07) is 61.1. The van der Waals surface area contributed by atoms with Crippen LogP contribution in [-0.2, 0) is 31.7 Å². The smallest absolute Gasteiger partial charge is 0.174 e. The van der Waals surface area contributed by atoms with Gasteiger partial charge in [0.15, 0.2) is 34.7 Å². The quantitative estimate of drug-likeness (QED) is 0.0525. The molecule has 13 heteroatoms. The van der Waals surface area contributed by atoms with E-state index in [9.17, 15) is 28.5 Å². The molecule has 0 amide bonds. The predicted molar refractivity (Wildman–Crippen MR) is 293 cm³/mol. The van der Waals surface area contributed by atoms with Crippen molar-refractivity contribution in [2.45, 2.75) is 52.4 Å². The summed E-state index contributed by atoms with van der Waals surface area (Å²) < 4.78 is 57.6. The summed E-state index contributed by atoms with van der Waals surface area (Å²) in [5.74, 6) is 0.575. The lowest BCUT2D eigenvalue weighted by Gasteiger charge is -2.19. The second-order valence-corrected chi connectivity index (χ2v) is 18.6. The maximum Gasteiger partial charge on any atom is 0.174 e. The van der Waals surface area contributed by atoms with E-state index in [2.05, 4.69) is 48.9 Å². The van der Waals surface area contributed by atoms with E-state index in [1.54, 1.807) is 54.6 Å². The van der Waals surface area contributed by atoms with Crippen molar-refractivity contribution in [3.8, 4) is 46.0 Å². The second-order valence-electron chi connectivity index (χ2n) is 18.1. The van der Waals surface area contributed by atoms with Crippen molar-refractivity contribution in [1.29, 1.82) is 0 Å². The molecule has 9 rings (SSSR count). The minimum absolute atomic E-state index is 0.104. The molecule has 0 aromatic heterocycles. The molecular weight excluding hydrogens is 975 g/mol. The Morgan fingerprint density at radius 1 is 0.400 bits per heavy atom. The number of para-hydroxylation sites is 3. The average Bonchev–Trinajstić information content (AvgIpc) is 3.41. The fraction of sp³-hybridized carbons (Fsp3) is 0.129. The molecule has 0 aliphatic heterocycles. The molecular formula is C62H57ClF3N3O6. The summed E-state index contributed by atoms with van der Waals surface area (Å²) in [6.45, 7) is 8.36. The maximum absolute atomic E-state index is 13.4. The van der Waals surface area contributed by atoms with Crippen molar-refractivity contribution in [3.05, 3.63) is 257 Å². The van der Waals surface area contributed by atoms with Crippen LogP contribution in [0, 0.1) is 17.5 Å². The van der Waals surface area contributed by atoms with Gasteiger partial charge >= 0.3 is 0 Å². The Labute approximate surface area is 440 Å². The van der Waals surface area contributed by atoms with E-state index in [0.717, 1.165) is 39.5 Å². The van der Waals surface area contributed by atoms with Crippen LogP contribution in [-0.4, -0.2) is 15.3 Å². The molecule has 0 heterocycles. The molecule has 75 heavy (non-hydrogen) atoms. The Morgan fingerprint density at radius 2 is 0.760 bits per heavy atom.